The largest absolute Gasteiger partial charge is 0.369 e. The number of fused-ring (bicyclic) bond motifs is 1. The van der Waals surface area contributed by atoms with Gasteiger partial charge >= 0.3 is 0 Å². The molecular formula is C26H28FN5. The van der Waals surface area contributed by atoms with E-state index < -0.39 is 0 Å². The fraction of sp³-hybridized carbons (Fsp3) is 0.269. The third kappa shape index (κ3) is 4.24. The fourth-order valence-corrected chi connectivity index (χ4v) is 4.54. The van der Waals surface area contributed by atoms with Crippen LogP contribution in [0.3, 0.4) is 0 Å². The predicted octanol–water partition coefficient (Wildman–Crippen LogP) is 4.28. The standard InChI is InChI=1S/C26H28FN5/c1-30-25-11-6-19(16-24(25)29-26(30)28)17-31-12-14-32(15-13-31)18-21-4-2-3-5-23(21)20-7-9-22(27)10-8-20/h2-11,16H,12-15,17-18H2,1H3,(H2,28,29). The van der Waals surface area contributed by atoms with Crippen LogP contribution >= 0.6 is 0 Å². The predicted molar refractivity (Wildman–Crippen MR) is 128 cm³/mol. The molecule has 0 atom stereocenters. The van der Waals surface area contributed by atoms with Crippen LogP contribution < -0.4 is 5.73 Å². The van der Waals surface area contributed by atoms with E-state index in [2.05, 4.69) is 51.2 Å². The highest BCUT2D eigenvalue weighted by molar-refractivity contribution is 5.78. The van der Waals surface area contributed by atoms with Crippen molar-refractivity contribution in [3.05, 3.63) is 83.7 Å². The molecule has 0 spiro atoms. The zero-order valence-corrected chi connectivity index (χ0v) is 18.3. The van der Waals surface area contributed by atoms with E-state index in [1.807, 2.05) is 29.8 Å². The maximum absolute atomic E-state index is 13.3. The Bertz CT molecular complexity index is 1220. The van der Waals surface area contributed by atoms with E-state index in [1.54, 1.807) is 0 Å². The molecule has 164 valence electrons. The maximum atomic E-state index is 13.3. The van der Waals surface area contributed by atoms with E-state index in [-0.39, 0.29) is 5.82 Å². The van der Waals surface area contributed by atoms with Gasteiger partial charge in [0.25, 0.3) is 0 Å². The quantitative estimate of drug-likeness (QED) is 0.515. The molecule has 1 aromatic heterocycles. The molecule has 0 amide bonds. The highest BCUT2D eigenvalue weighted by Crippen LogP contribution is 2.26. The van der Waals surface area contributed by atoms with Crippen LogP contribution in [-0.2, 0) is 20.1 Å². The summed E-state index contributed by atoms with van der Waals surface area (Å²) < 4.78 is 15.3. The van der Waals surface area contributed by atoms with E-state index in [1.165, 1.54) is 28.8 Å². The monoisotopic (exact) mass is 429 g/mol. The summed E-state index contributed by atoms with van der Waals surface area (Å²) in [6, 6.07) is 21.6. The Balaban J connectivity index is 1.22. The van der Waals surface area contributed by atoms with Crippen LogP contribution in [-0.4, -0.2) is 45.5 Å². The summed E-state index contributed by atoms with van der Waals surface area (Å²) in [7, 11) is 1.94. The number of hydrogen-bond acceptors (Lipinski definition) is 4. The summed E-state index contributed by atoms with van der Waals surface area (Å²) in [6.45, 7) is 5.93. The van der Waals surface area contributed by atoms with Crippen molar-refractivity contribution in [3.63, 3.8) is 0 Å². The average molecular weight is 430 g/mol. The molecule has 2 heterocycles. The number of nitrogens with two attached hydrogens (primary N) is 1. The lowest BCUT2D eigenvalue weighted by atomic mass is 9.99. The van der Waals surface area contributed by atoms with E-state index in [9.17, 15) is 4.39 Å². The zero-order valence-electron chi connectivity index (χ0n) is 18.3. The SMILES string of the molecule is Cn1c(N)nc2cc(CN3CCN(Cc4ccccc4-c4ccc(F)cc4)CC3)ccc21. The molecule has 0 aliphatic carbocycles. The lowest BCUT2D eigenvalue weighted by Crippen LogP contribution is -2.45. The number of aromatic nitrogens is 2. The molecule has 3 aromatic carbocycles. The van der Waals surface area contributed by atoms with Gasteiger partial charge in [0, 0.05) is 46.3 Å². The first kappa shape index (κ1) is 20.7. The van der Waals surface area contributed by atoms with Crippen LogP contribution in [0.25, 0.3) is 22.2 Å². The molecule has 32 heavy (non-hydrogen) atoms. The summed E-state index contributed by atoms with van der Waals surface area (Å²) in [5.41, 5.74) is 12.8. The highest BCUT2D eigenvalue weighted by atomic mass is 19.1. The molecule has 5 rings (SSSR count). The second-order valence-corrected chi connectivity index (χ2v) is 8.57. The third-order valence-electron chi connectivity index (χ3n) is 6.42. The Kier molecular flexibility index (Phi) is 5.64. The first-order valence-electron chi connectivity index (χ1n) is 11.1. The molecule has 0 bridgehead atoms. The van der Waals surface area contributed by atoms with Crippen molar-refractivity contribution in [2.24, 2.45) is 7.05 Å². The molecule has 2 N–H and O–H groups in total. The Labute approximate surface area is 187 Å². The molecule has 1 saturated heterocycles. The normalized spacial score (nSPS) is 15.4. The summed E-state index contributed by atoms with van der Waals surface area (Å²) in [5, 5.41) is 0. The third-order valence-corrected chi connectivity index (χ3v) is 6.42. The zero-order chi connectivity index (χ0) is 22.1. The molecule has 4 aromatic rings. The topological polar surface area (TPSA) is 50.3 Å². The van der Waals surface area contributed by atoms with E-state index in [4.69, 9.17) is 5.73 Å². The van der Waals surface area contributed by atoms with Crippen LogP contribution in [0.4, 0.5) is 10.3 Å². The van der Waals surface area contributed by atoms with Gasteiger partial charge < -0.3 is 10.3 Å². The minimum atomic E-state index is -0.201. The Morgan fingerprint density at radius 3 is 2.31 bits per heavy atom. The number of anilines is 1. The summed E-state index contributed by atoms with van der Waals surface area (Å²) >= 11 is 0. The van der Waals surface area contributed by atoms with Gasteiger partial charge in [-0.05, 0) is 46.5 Å². The first-order valence-corrected chi connectivity index (χ1v) is 11.1. The number of nitrogen functional groups attached to an aromatic ring is 1. The lowest BCUT2D eigenvalue weighted by Gasteiger charge is -2.35. The molecule has 1 fully saturated rings. The molecule has 0 radical (unpaired) electrons. The van der Waals surface area contributed by atoms with Gasteiger partial charge in [0.2, 0.25) is 5.95 Å². The van der Waals surface area contributed by atoms with Crippen molar-refractivity contribution in [3.8, 4) is 11.1 Å². The molecule has 0 unspecified atom stereocenters. The van der Waals surface area contributed by atoms with Crippen molar-refractivity contribution >= 4 is 17.0 Å². The number of benzene rings is 3. The first-order chi connectivity index (χ1) is 15.6. The average Bonchev–Trinajstić information content (AvgIpc) is 3.09. The summed E-state index contributed by atoms with van der Waals surface area (Å²) in [4.78, 5) is 9.45. The second kappa shape index (κ2) is 8.73. The molecule has 6 heteroatoms. The maximum Gasteiger partial charge on any atom is 0.200 e. The van der Waals surface area contributed by atoms with Gasteiger partial charge in [0.05, 0.1) is 11.0 Å². The van der Waals surface area contributed by atoms with Gasteiger partial charge in [-0.3, -0.25) is 9.80 Å². The van der Waals surface area contributed by atoms with Crippen LogP contribution in [0.5, 0.6) is 0 Å². The molecule has 1 aliphatic rings. The van der Waals surface area contributed by atoms with E-state index >= 15 is 0 Å². The van der Waals surface area contributed by atoms with Crippen molar-refractivity contribution < 1.29 is 4.39 Å². The number of halogens is 1. The van der Waals surface area contributed by atoms with Gasteiger partial charge in [-0.2, -0.15) is 0 Å². The second-order valence-electron chi connectivity index (χ2n) is 8.57. The molecule has 0 saturated carbocycles. The number of hydrogen-bond donors (Lipinski definition) is 1. The minimum absolute atomic E-state index is 0.201. The van der Waals surface area contributed by atoms with Crippen LogP contribution in [0.1, 0.15) is 11.1 Å². The van der Waals surface area contributed by atoms with Crippen molar-refractivity contribution in [2.75, 3.05) is 31.9 Å². The smallest absolute Gasteiger partial charge is 0.200 e. The van der Waals surface area contributed by atoms with Crippen LogP contribution in [0.15, 0.2) is 66.7 Å². The Morgan fingerprint density at radius 2 is 1.56 bits per heavy atom. The lowest BCUT2D eigenvalue weighted by molar-refractivity contribution is 0.122. The van der Waals surface area contributed by atoms with E-state index in [0.717, 1.165) is 55.9 Å². The van der Waals surface area contributed by atoms with Gasteiger partial charge in [-0.25, -0.2) is 9.37 Å². The number of piperazine rings is 1. The number of imidazole rings is 1. The number of rotatable bonds is 5. The fourth-order valence-electron chi connectivity index (χ4n) is 4.54. The number of nitrogens with zero attached hydrogens (tertiary/aromatic N) is 4. The summed E-state index contributed by atoms with van der Waals surface area (Å²) in [6.07, 6.45) is 0. The minimum Gasteiger partial charge on any atom is -0.369 e. The van der Waals surface area contributed by atoms with E-state index in [0.29, 0.717) is 5.95 Å². The van der Waals surface area contributed by atoms with Crippen LogP contribution in [0, 0.1) is 5.82 Å². The van der Waals surface area contributed by atoms with Crippen molar-refractivity contribution in [1.82, 2.24) is 19.4 Å². The Morgan fingerprint density at radius 1 is 0.875 bits per heavy atom. The molecule has 1 aliphatic heterocycles. The van der Waals surface area contributed by atoms with Gasteiger partial charge in [0.1, 0.15) is 5.82 Å². The van der Waals surface area contributed by atoms with Crippen LogP contribution in [0.2, 0.25) is 0 Å². The van der Waals surface area contributed by atoms with Gasteiger partial charge in [-0.1, -0.05) is 42.5 Å². The number of aryl methyl sites for hydroxylation is 1. The van der Waals surface area contributed by atoms with Crippen molar-refractivity contribution in [1.29, 1.82) is 0 Å². The van der Waals surface area contributed by atoms with Gasteiger partial charge in [0.15, 0.2) is 0 Å². The molecular weight excluding hydrogens is 401 g/mol. The highest BCUT2D eigenvalue weighted by Gasteiger charge is 2.19. The van der Waals surface area contributed by atoms with Crippen molar-refractivity contribution in [2.45, 2.75) is 13.1 Å². The molecule has 5 nitrogen and oxygen atoms in total. The summed E-state index contributed by atoms with van der Waals surface area (Å²) in [5.74, 6) is 0.347. The Hall–Kier alpha value is -3.22. The van der Waals surface area contributed by atoms with Gasteiger partial charge in [-0.15, -0.1) is 0 Å².